The van der Waals surface area contributed by atoms with Crippen LogP contribution in [0.25, 0.3) is 0 Å². The maximum atomic E-state index is 13.8. The first-order chi connectivity index (χ1) is 17.4. The maximum Gasteiger partial charge on any atom is 0.507 e. The van der Waals surface area contributed by atoms with Gasteiger partial charge in [-0.2, -0.15) is 0 Å². The second kappa shape index (κ2) is 14.0. The molecule has 0 saturated carbocycles. The van der Waals surface area contributed by atoms with Gasteiger partial charge < -0.3 is 25.2 Å². The summed E-state index contributed by atoms with van der Waals surface area (Å²) >= 11 is 1.52. The summed E-state index contributed by atoms with van der Waals surface area (Å²) in [6.07, 6.45) is 1.08. The smallest absolute Gasteiger partial charge is 0.465 e. The molecule has 0 bridgehead atoms. The zero-order valence-electron chi connectivity index (χ0n) is 20.6. The first-order valence-electron chi connectivity index (χ1n) is 12.4. The molecule has 3 atom stereocenters. The lowest BCUT2D eigenvalue weighted by Crippen LogP contribution is -2.54. The Hall–Kier alpha value is -2.95. The fraction of sp³-hybridized carbons (Fsp3) is 0.500. The monoisotopic (exact) mass is 517 g/mol. The van der Waals surface area contributed by atoms with Crippen LogP contribution in [0.4, 0.5) is 4.79 Å². The van der Waals surface area contributed by atoms with E-state index in [1.807, 2.05) is 35.7 Å². The summed E-state index contributed by atoms with van der Waals surface area (Å²) in [5.74, 6) is -0.716. The lowest BCUT2D eigenvalue weighted by atomic mass is 10.0. The third kappa shape index (κ3) is 7.52. The van der Waals surface area contributed by atoms with Gasteiger partial charge in [0.05, 0.1) is 12.6 Å². The highest BCUT2D eigenvalue weighted by Crippen LogP contribution is 2.35. The lowest BCUT2D eigenvalue weighted by molar-refractivity contribution is -0.149. The quantitative estimate of drug-likeness (QED) is 0.272. The molecule has 2 aromatic rings. The van der Waals surface area contributed by atoms with Crippen LogP contribution >= 0.6 is 11.3 Å². The minimum Gasteiger partial charge on any atom is -0.465 e. The number of carbonyl (C=O) groups is 3. The first-order valence-corrected chi connectivity index (χ1v) is 13.3. The van der Waals surface area contributed by atoms with E-state index in [0.717, 1.165) is 16.9 Å². The second-order valence-corrected chi connectivity index (χ2v) is 9.65. The van der Waals surface area contributed by atoms with Crippen molar-refractivity contribution in [1.82, 2.24) is 10.2 Å². The molecule has 10 heteroatoms. The third-order valence-electron chi connectivity index (χ3n) is 6.19. The number of ether oxygens (including phenoxy) is 2. The van der Waals surface area contributed by atoms with E-state index in [-0.39, 0.29) is 12.5 Å². The molecule has 36 heavy (non-hydrogen) atoms. The van der Waals surface area contributed by atoms with Gasteiger partial charge in [-0.1, -0.05) is 36.8 Å². The molecular formula is C26H35N3O6S. The molecule has 1 aliphatic heterocycles. The van der Waals surface area contributed by atoms with Crippen LogP contribution in [0.1, 0.15) is 54.8 Å². The van der Waals surface area contributed by atoms with Gasteiger partial charge in [0, 0.05) is 23.4 Å². The van der Waals surface area contributed by atoms with Gasteiger partial charge in [0.2, 0.25) is 12.1 Å². The van der Waals surface area contributed by atoms with Crippen molar-refractivity contribution in [1.29, 1.82) is 0 Å². The average Bonchev–Trinajstić information content (AvgIpc) is 3.35. The molecule has 2 heterocycles. The molecule has 1 aromatic heterocycles. The van der Waals surface area contributed by atoms with Crippen molar-refractivity contribution in [3.8, 4) is 0 Å². The van der Waals surface area contributed by atoms with E-state index in [4.69, 9.17) is 15.2 Å². The number of hydrogen-bond acceptors (Lipinski definition) is 8. The number of esters is 1. The van der Waals surface area contributed by atoms with E-state index in [9.17, 15) is 19.5 Å². The number of benzene rings is 1. The van der Waals surface area contributed by atoms with Crippen molar-refractivity contribution in [2.75, 3.05) is 19.7 Å². The van der Waals surface area contributed by atoms with Gasteiger partial charge >= 0.3 is 12.1 Å². The Balaban J connectivity index is 1.81. The van der Waals surface area contributed by atoms with Crippen molar-refractivity contribution in [3.63, 3.8) is 0 Å². The Morgan fingerprint density at radius 2 is 1.94 bits per heavy atom. The standard InChI is InChI=1S/C26H35N3O6S/c1-2-34-25(31)21(12-11-18-8-4-3-5-9-18)28-20(10-6-7-15-27)23(30)29-16-13-22-19(14-17-36-22)24(29)35-26(32)33/h3-5,8-9,14,17,20-21,24,28H,2,6-7,10-13,15-16,27H2,1H3,(H,32,33)/t20-,21-,24-/m0/s1. The number of thiophene rings is 1. The Morgan fingerprint density at radius 1 is 1.17 bits per heavy atom. The highest BCUT2D eigenvalue weighted by atomic mass is 32.1. The summed E-state index contributed by atoms with van der Waals surface area (Å²) in [6.45, 7) is 2.79. The van der Waals surface area contributed by atoms with Gasteiger partial charge in [0.15, 0.2) is 0 Å². The number of nitrogens with two attached hydrogens (primary N) is 1. The first kappa shape index (κ1) is 27.6. The third-order valence-corrected chi connectivity index (χ3v) is 7.18. The zero-order chi connectivity index (χ0) is 25.9. The van der Waals surface area contributed by atoms with Crippen LogP contribution in [0, 0.1) is 0 Å². The SMILES string of the molecule is CCOC(=O)[C@H](CCc1ccccc1)N[C@@H](CCCCN)C(=O)N1CCc2sccc2[C@@H]1OC(=O)O. The van der Waals surface area contributed by atoms with Crippen LogP contribution in [0.5, 0.6) is 0 Å². The van der Waals surface area contributed by atoms with Gasteiger partial charge in [0.1, 0.15) is 6.04 Å². The summed E-state index contributed by atoms with van der Waals surface area (Å²) in [7, 11) is 0. The number of hydrogen-bond donors (Lipinski definition) is 3. The molecule has 9 nitrogen and oxygen atoms in total. The minimum atomic E-state index is -1.45. The van der Waals surface area contributed by atoms with Gasteiger partial charge in [-0.3, -0.25) is 14.9 Å². The molecule has 4 N–H and O–H groups in total. The summed E-state index contributed by atoms with van der Waals surface area (Å²) in [5, 5.41) is 14.5. The molecule has 0 aliphatic carbocycles. The average molecular weight is 518 g/mol. The van der Waals surface area contributed by atoms with Crippen molar-refractivity contribution in [3.05, 3.63) is 57.8 Å². The summed E-state index contributed by atoms with van der Waals surface area (Å²) in [4.78, 5) is 40.6. The summed E-state index contributed by atoms with van der Waals surface area (Å²) < 4.78 is 10.5. The highest BCUT2D eigenvalue weighted by molar-refractivity contribution is 7.10. The van der Waals surface area contributed by atoms with Gasteiger partial charge in [0.25, 0.3) is 0 Å². The number of nitrogens with one attached hydrogen (secondary N) is 1. The molecule has 0 spiro atoms. The predicted molar refractivity (Wildman–Crippen MR) is 137 cm³/mol. The highest BCUT2D eigenvalue weighted by Gasteiger charge is 2.38. The number of fused-ring (bicyclic) bond motifs is 1. The fourth-order valence-corrected chi connectivity index (χ4v) is 5.30. The predicted octanol–water partition coefficient (Wildman–Crippen LogP) is 3.48. The number of unbranched alkanes of at least 4 members (excludes halogenated alkanes) is 1. The number of rotatable bonds is 13. The largest absolute Gasteiger partial charge is 0.507 e. The van der Waals surface area contributed by atoms with Crippen molar-refractivity contribution in [2.45, 2.75) is 63.8 Å². The summed E-state index contributed by atoms with van der Waals surface area (Å²) in [6, 6.07) is 10.2. The number of nitrogens with zero attached hydrogens (tertiary/aromatic N) is 1. The van der Waals surface area contributed by atoms with Crippen molar-refractivity contribution in [2.24, 2.45) is 5.73 Å². The van der Waals surface area contributed by atoms with E-state index in [1.54, 1.807) is 13.0 Å². The van der Waals surface area contributed by atoms with Crippen LogP contribution in [0.3, 0.4) is 0 Å². The molecule has 0 unspecified atom stereocenters. The summed E-state index contributed by atoms with van der Waals surface area (Å²) in [5.41, 5.74) is 7.45. The normalized spacial score (nSPS) is 16.6. The zero-order valence-corrected chi connectivity index (χ0v) is 21.4. The van der Waals surface area contributed by atoms with Gasteiger partial charge in [-0.15, -0.1) is 11.3 Å². The van der Waals surface area contributed by atoms with Crippen LogP contribution in [-0.4, -0.2) is 59.8 Å². The Bertz CT molecular complexity index is 999. The lowest BCUT2D eigenvalue weighted by Gasteiger charge is -2.37. The second-order valence-electron chi connectivity index (χ2n) is 8.65. The van der Waals surface area contributed by atoms with E-state index in [1.165, 1.54) is 16.2 Å². The Kier molecular flexibility index (Phi) is 10.7. The van der Waals surface area contributed by atoms with Crippen LogP contribution in [0.2, 0.25) is 0 Å². The molecule has 0 radical (unpaired) electrons. The van der Waals surface area contributed by atoms with Gasteiger partial charge in [-0.25, -0.2) is 4.79 Å². The molecule has 1 aromatic carbocycles. The molecule has 1 aliphatic rings. The fourth-order valence-electron chi connectivity index (χ4n) is 4.41. The van der Waals surface area contributed by atoms with E-state index < -0.39 is 30.4 Å². The Morgan fingerprint density at radius 3 is 2.64 bits per heavy atom. The van der Waals surface area contributed by atoms with E-state index in [0.29, 0.717) is 50.8 Å². The van der Waals surface area contributed by atoms with Crippen molar-refractivity contribution >= 4 is 29.4 Å². The van der Waals surface area contributed by atoms with Crippen LogP contribution in [-0.2, 0) is 31.9 Å². The topological polar surface area (TPSA) is 131 Å². The van der Waals surface area contributed by atoms with E-state index in [2.05, 4.69) is 5.32 Å². The number of carboxylic acid groups (broad SMARTS) is 1. The Labute approximate surface area is 215 Å². The molecule has 0 saturated heterocycles. The molecular weight excluding hydrogens is 482 g/mol. The molecule has 1 amide bonds. The minimum absolute atomic E-state index is 0.232. The van der Waals surface area contributed by atoms with E-state index >= 15 is 0 Å². The van der Waals surface area contributed by atoms with Crippen LogP contribution < -0.4 is 11.1 Å². The number of amides is 1. The maximum absolute atomic E-state index is 13.8. The number of aryl methyl sites for hydroxylation is 1. The number of carbonyl (C=O) groups excluding carboxylic acids is 2. The molecule has 3 rings (SSSR count). The molecule has 196 valence electrons. The van der Waals surface area contributed by atoms with Gasteiger partial charge in [-0.05, 0) is 56.2 Å². The molecule has 0 fully saturated rings. The van der Waals surface area contributed by atoms with Crippen LogP contribution in [0.15, 0.2) is 41.8 Å². The van der Waals surface area contributed by atoms with Crippen molar-refractivity contribution < 1.29 is 29.0 Å².